The van der Waals surface area contributed by atoms with Gasteiger partial charge in [0.1, 0.15) is 6.54 Å². The molecule has 32 heavy (non-hydrogen) atoms. The third-order valence-electron chi connectivity index (χ3n) is 4.44. The van der Waals surface area contributed by atoms with Gasteiger partial charge in [-0.15, -0.1) is 15.0 Å². The average Bonchev–Trinajstić information content (AvgIpc) is 3.22. The predicted octanol–water partition coefficient (Wildman–Crippen LogP) is 3.50. The number of amides is 2. The highest BCUT2D eigenvalue weighted by molar-refractivity contribution is 6.04. The summed E-state index contributed by atoms with van der Waals surface area (Å²) in [4.78, 5) is 25.1. The number of nitrogens with one attached hydrogen (secondary N) is 2. The van der Waals surface area contributed by atoms with Gasteiger partial charge in [0.05, 0.1) is 5.69 Å². The second kappa shape index (κ2) is 8.77. The molecule has 0 aliphatic rings. The fourth-order valence-corrected chi connectivity index (χ4v) is 2.68. The fourth-order valence-electron chi connectivity index (χ4n) is 2.68. The Morgan fingerprint density at radius 1 is 0.938 bits per heavy atom. The number of carbonyl (C=O) groups is 2. The van der Waals surface area contributed by atoms with Crippen LogP contribution < -0.4 is 10.6 Å². The van der Waals surface area contributed by atoms with Crippen LogP contribution in [0.3, 0.4) is 0 Å². The summed E-state index contributed by atoms with van der Waals surface area (Å²) in [5.74, 6) is -1.86. The molecule has 1 aromatic heterocycles. The van der Waals surface area contributed by atoms with E-state index in [9.17, 15) is 22.8 Å². The predicted molar refractivity (Wildman–Crippen MR) is 111 cm³/mol. The molecular weight excluding hydrogens is 425 g/mol. The minimum absolute atomic E-state index is 0.0148. The maximum absolute atomic E-state index is 12.5. The Labute approximate surface area is 181 Å². The first-order chi connectivity index (χ1) is 14.9. The Hall–Kier alpha value is -3.76. The topological polar surface area (TPSA) is 102 Å². The number of alkyl halides is 3. The van der Waals surface area contributed by atoms with E-state index in [-0.39, 0.29) is 11.3 Å². The van der Waals surface area contributed by atoms with E-state index in [0.717, 1.165) is 10.4 Å². The molecule has 11 heteroatoms. The summed E-state index contributed by atoms with van der Waals surface area (Å²) in [5, 5.41) is 15.3. The molecule has 3 rings (SSSR count). The summed E-state index contributed by atoms with van der Waals surface area (Å²) in [6.07, 6.45) is -4.54. The van der Waals surface area contributed by atoms with E-state index in [0.29, 0.717) is 16.9 Å². The van der Waals surface area contributed by atoms with Gasteiger partial charge < -0.3 is 10.6 Å². The maximum atomic E-state index is 12.5. The number of anilines is 1. The molecule has 2 amide bonds. The molecule has 168 valence electrons. The van der Waals surface area contributed by atoms with Gasteiger partial charge in [0.15, 0.2) is 0 Å². The Morgan fingerprint density at radius 3 is 2.12 bits per heavy atom. The molecular formula is C21H21F3N6O2. The Morgan fingerprint density at radius 2 is 1.56 bits per heavy atom. The minimum Gasteiger partial charge on any atom is -0.340 e. The summed E-state index contributed by atoms with van der Waals surface area (Å²) in [6, 6.07) is 13.7. The summed E-state index contributed by atoms with van der Waals surface area (Å²) in [7, 11) is 0. The number of hydrogen-bond acceptors (Lipinski definition) is 5. The third-order valence-corrected chi connectivity index (χ3v) is 4.44. The highest BCUT2D eigenvalue weighted by Gasteiger charge is 2.28. The van der Waals surface area contributed by atoms with E-state index in [1.807, 2.05) is 12.1 Å². The lowest BCUT2D eigenvalue weighted by molar-refractivity contribution is -0.123. The standard InChI is InChI=1S/C21H21F3N6O2/c1-20(2,3)14-6-4-13(5-7-14)18(31)26-15-8-10-16(11-9-15)30-28-17(27-29-30)19(32)25-12-21(22,23)24/h4-11H,12H2,1-3H3,(H,25,32)(H,26,31). The molecule has 3 aromatic rings. The van der Waals surface area contributed by atoms with Crippen molar-refractivity contribution >= 4 is 17.5 Å². The van der Waals surface area contributed by atoms with Crippen LogP contribution in [-0.4, -0.2) is 44.7 Å². The van der Waals surface area contributed by atoms with Crippen LogP contribution in [0.4, 0.5) is 18.9 Å². The molecule has 0 unspecified atom stereocenters. The van der Waals surface area contributed by atoms with E-state index in [1.54, 1.807) is 41.7 Å². The van der Waals surface area contributed by atoms with Gasteiger partial charge >= 0.3 is 6.18 Å². The largest absolute Gasteiger partial charge is 0.405 e. The van der Waals surface area contributed by atoms with Gasteiger partial charge in [-0.3, -0.25) is 9.59 Å². The molecule has 0 bridgehead atoms. The number of carbonyl (C=O) groups excluding carboxylic acids is 2. The van der Waals surface area contributed by atoms with Crippen LogP contribution in [0.5, 0.6) is 0 Å². The molecule has 8 nitrogen and oxygen atoms in total. The molecule has 0 aliphatic heterocycles. The number of tetrazole rings is 1. The normalized spacial score (nSPS) is 11.8. The number of halogens is 3. The quantitative estimate of drug-likeness (QED) is 0.625. The number of aromatic nitrogens is 4. The van der Waals surface area contributed by atoms with Crippen LogP contribution in [-0.2, 0) is 5.41 Å². The van der Waals surface area contributed by atoms with Crippen molar-refractivity contribution in [3.63, 3.8) is 0 Å². The number of benzene rings is 2. The van der Waals surface area contributed by atoms with Crippen molar-refractivity contribution in [2.75, 3.05) is 11.9 Å². The Kier molecular flexibility index (Phi) is 6.28. The van der Waals surface area contributed by atoms with Gasteiger partial charge in [0.25, 0.3) is 17.6 Å². The molecule has 0 saturated carbocycles. The molecule has 2 aromatic carbocycles. The summed E-state index contributed by atoms with van der Waals surface area (Å²) >= 11 is 0. The second-order valence-electron chi connectivity index (χ2n) is 8.03. The maximum Gasteiger partial charge on any atom is 0.405 e. The first-order valence-electron chi connectivity index (χ1n) is 9.60. The van der Waals surface area contributed by atoms with Crippen molar-refractivity contribution in [2.24, 2.45) is 0 Å². The van der Waals surface area contributed by atoms with E-state index in [2.05, 4.69) is 41.5 Å². The van der Waals surface area contributed by atoms with E-state index < -0.39 is 24.5 Å². The zero-order chi connectivity index (χ0) is 23.5. The average molecular weight is 446 g/mol. The van der Waals surface area contributed by atoms with Gasteiger partial charge in [-0.1, -0.05) is 32.9 Å². The molecule has 0 radical (unpaired) electrons. The van der Waals surface area contributed by atoms with Gasteiger partial charge in [-0.2, -0.15) is 13.2 Å². The first-order valence-corrected chi connectivity index (χ1v) is 9.60. The lowest BCUT2D eigenvalue weighted by atomic mass is 9.87. The lowest BCUT2D eigenvalue weighted by Crippen LogP contribution is -2.34. The molecule has 0 spiro atoms. The summed E-state index contributed by atoms with van der Waals surface area (Å²) < 4.78 is 36.6. The fraction of sp³-hybridized carbons (Fsp3) is 0.286. The van der Waals surface area contributed by atoms with Crippen molar-refractivity contribution in [1.82, 2.24) is 25.5 Å². The van der Waals surface area contributed by atoms with Gasteiger partial charge in [-0.05, 0) is 52.6 Å². The van der Waals surface area contributed by atoms with Crippen LogP contribution in [0.2, 0.25) is 0 Å². The Bertz CT molecular complexity index is 1100. The van der Waals surface area contributed by atoms with Gasteiger partial charge in [-0.25, -0.2) is 0 Å². The lowest BCUT2D eigenvalue weighted by Gasteiger charge is -2.19. The highest BCUT2D eigenvalue weighted by atomic mass is 19.4. The smallest absolute Gasteiger partial charge is 0.340 e. The summed E-state index contributed by atoms with van der Waals surface area (Å²) in [6.45, 7) is 4.77. The van der Waals surface area contributed by atoms with E-state index in [1.165, 1.54) is 0 Å². The van der Waals surface area contributed by atoms with E-state index in [4.69, 9.17) is 0 Å². The monoisotopic (exact) mass is 446 g/mol. The second-order valence-corrected chi connectivity index (χ2v) is 8.03. The van der Waals surface area contributed by atoms with Crippen molar-refractivity contribution in [2.45, 2.75) is 32.4 Å². The highest BCUT2D eigenvalue weighted by Crippen LogP contribution is 2.22. The van der Waals surface area contributed by atoms with Crippen molar-refractivity contribution in [1.29, 1.82) is 0 Å². The molecule has 0 aliphatic carbocycles. The number of hydrogen-bond donors (Lipinski definition) is 2. The van der Waals surface area contributed by atoms with Gasteiger partial charge in [0, 0.05) is 11.3 Å². The van der Waals surface area contributed by atoms with Crippen LogP contribution in [0, 0.1) is 0 Å². The SMILES string of the molecule is CC(C)(C)c1ccc(C(=O)Nc2ccc(-n3nnc(C(=O)NCC(F)(F)F)n3)cc2)cc1. The Balaban J connectivity index is 1.63. The van der Waals surface area contributed by atoms with Crippen molar-refractivity contribution in [3.8, 4) is 5.69 Å². The van der Waals surface area contributed by atoms with Crippen molar-refractivity contribution in [3.05, 3.63) is 65.5 Å². The van der Waals surface area contributed by atoms with Crippen molar-refractivity contribution < 1.29 is 22.8 Å². The summed E-state index contributed by atoms with van der Waals surface area (Å²) in [5.41, 5.74) is 2.53. The van der Waals surface area contributed by atoms with Gasteiger partial charge in [0.2, 0.25) is 0 Å². The number of rotatable bonds is 5. The number of nitrogens with zero attached hydrogens (tertiary/aromatic N) is 4. The molecule has 2 N–H and O–H groups in total. The molecule has 0 fully saturated rings. The van der Waals surface area contributed by atoms with Crippen LogP contribution in [0.15, 0.2) is 48.5 Å². The van der Waals surface area contributed by atoms with Crippen LogP contribution in [0.25, 0.3) is 5.69 Å². The molecule has 0 saturated heterocycles. The zero-order valence-electron chi connectivity index (χ0n) is 17.6. The first kappa shape index (κ1) is 22.9. The molecule has 0 atom stereocenters. The van der Waals surface area contributed by atoms with Crippen LogP contribution in [0.1, 0.15) is 47.3 Å². The zero-order valence-corrected chi connectivity index (χ0v) is 17.6. The third kappa shape index (κ3) is 5.90. The van der Waals surface area contributed by atoms with Crippen LogP contribution >= 0.6 is 0 Å². The van der Waals surface area contributed by atoms with E-state index >= 15 is 0 Å². The molecule has 1 heterocycles. The minimum atomic E-state index is -4.54.